The van der Waals surface area contributed by atoms with Gasteiger partial charge in [-0.3, -0.25) is 4.79 Å². The maximum atomic E-state index is 11.2. The Balaban J connectivity index is 2.67. The molecule has 0 atom stereocenters. The van der Waals surface area contributed by atoms with Crippen molar-refractivity contribution in [3.63, 3.8) is 0 Å². The minimum absolute atomic E-state index is 0.518. The largest absolute Gasteiger partial charge is 0.298 e. The van der Waals surface area contributed by atoms with Gasteiger partial charge >= 0.3 is 0 Å². The molecule has 0 aliphatic rings. The zero-order valence-corrected chi connectivity index (χ0v) is 12.3. The van der Waals surface area contributed by atoms with Crippen LogP contribution in [0, 0.1) is 0 Å². The first kappa shape index (κ1) is 14.1. The highest BCUT2D eigenvalue weighted by molar-refractivity contribution is 6.35. The van der Waals surface area contributed by atoms with Crippen LogP contribution >= 0.6 is 23.2 Å². The summed E-state index contributed by atoms with van der Waals surface area (Å²) in [6, 6.07) is 5.24. The molecule has 2 aromatic rings. The molecule has 0 saturated carbocycles. The first-order valence-corrected chi connectivity index (χ1v) is 6.89. The van der Waals surface area contributed by atoms with Crippen LogP contribution in [0.15, 0.2) is 18.2 Å². The number of aromatic nitrogens is 2. The molecule has 1 aromatic heterocycles. The molecule has 0 spiro atoms. The van der Waals surface area contributed by atoms with Crippen LogP contribution in [0.25, 0.3) is 5.69 Å². The van der Waals surface area contributed by atoms with E-state index in [0.29, 0.717) is 28.5 Å². The van der Waals surface area contributed by atoms with Gasteiger partial charge in [0.1, 0.15) is 0 Å². The molecule has 0 bridgehead atoms. The van der Waals surface area contributed by atoms with Crippen molar-refractivity contribution in [1.29, 1.82) is 0 Å². The molecule has 100 valence electrons. The molecule has 0 N–H and O–H groups in total. The molecule has 0 saturated heterocycles. The highest BCUT2D eigenvalue weighted by Gasteiger charge is 2.17. The fourth-order valence-electron chi connectivity index (χ4n) is 2.11. The van der Waals surface area contributed by atoms with Gasteiger partial charge in [0.25, 0.3) is 0 Å². The lowest BCUT2D eigenvalue weighted by molar-refractivity contribution is 0.112. The van der Waals surface area contributed by atoms with Crippen molar-refractivity contribution in [1.82, 2.24) is 9.78 Å². The zero-order valence-electron chi connectivity index (χ0n) is 10.8. The third-order valence-electron chi connectivity index (χ3n) is 3.02. The fraction of sp³-hybridized carbons (Fsp3) is 0.286. The lowest BCUT2D eigenvalue weighted by Gasteiger charge is -2.08. The van der Waals surface area contributed by atoms with Crippen molar-refractivity contribution in [2.75, 3.05) is 0 Å². The molecule has 0 fully saturated rings. The summed E-state index contributed by atoms with van der Waals surface area (Å²) in [6.07, 6.45) is 2.28. The van der Waals surface area contributed by atoms with Crippen molar-refractivity contribution in [2.45, 2.75) is 26.7 Å². The number of halogens is 2. The Morgan fingerprint density at radius 2 is 2.00 bits per heavy atom. The molecule has 0 unspecified atom stereocenters. The number of benzene rings is 1. The number of aldehydes is 1. The Morgan fingerprint density at radius 1 is 1.26 bits per heavy atom. The van der Waals surface area contributed by atoms with E-state index in [-0.39, 0.29) is 0 Å². The van der Waals surface area contributed by atoms with E-state index in [9.17, 15) is 4.79 Å². The number of carbonyl (C=O) groups is 1. The molecule has 2 rings (SSSR count). The molecule has 0 aliphatic heterocycles. The summed E-state index contributed by atoms with van der Waals surface area (Å²) < 4.78 is 1.74. The van der Waals surface area contributed by atoms with Crippen LogP contribution in [0.1, 0.15) is 35.6 Å². The predicted octanol–water partition coefficient (Wildman–Crippen LogP) is 4.12. The number of carbonyl (C=O) groups excluding carboxylic acids is 1. The Labute approximate surface area is 122 Å². The number of hydrogen-bond acceptors (Lipinski definition) is 2. The van der Waals surface area contributed by atoms with Crippen molar-refractivity contribution in [2.24, 2.45) is 0 Å². The second-order valence-electron chi connectivity index (χ2n) is 4.14. The number of nitrogens with zero attached hydrogens (tertiary/aromatic N) is 2. The van der Waals surface area contributed by atoms with Crippen molar-refractivity contribution >= 4 is 29.5 Å². The number of hydrogen-bond donors (Lipinski definition) is 0. The topological polar surface area (TPSA) is 34.9 Å². The van der Waals surface area contributed by atoms with E-state index in [1.165, 1.54) is 0 Å². The summed E-state index contributed by atoms with van der Waals surface area (Å²) in [5.74, 6) is 0. The van der Waals surface area contributed by atoms with Crippen LogP contribution < -0.4 is 0 Å². The quantitative estimate of drug-likeness (QED) is 0.796. The molecule has 0 amide bonds. The van der Waals surface area contributed by atoms with E-state index in [2.05, 4.69) is 5.10 Å². The van der Waals surface area contributed by atoms with Gasteiger partial charge in [-0.25, -0.2) is 4.68 Å². The second kappa shape index (κ2) is 5.76. The molecule has 5 heteroatoms. The molecule has 1 aromatic carbocycles. The molecule has 19 heavy (non-hydrogen) atoms. The fourth-order valence-corrected chi connectivity index (χ4v) is 2.59. The predicted molar refractivity (Wildman–Crippen MR) is 77.7 cm³/mol. The van der Waals surface area contributed by atoms with Crippen LogP contribution in [0.2, 0.25) is 10.0 Å². The van der Waals surface area contributed by atoms with E-state index >= 15 is 0 Å². The SMILES string of the molecule is CCc1nn(-c2ccc(Cl)cc2Cl)c(CC)c1C=O. The van der Waals surface area contributed by atoms with Crippen LogP contribution in [-0.2, 0) is 12.8 Å². The summed E-state index contributed by atoms with van der Waals surface area (Å²) in [7, 11) is 0. The van der Waals surface area contributed by atoms with Gasteiger partial charge in [0, 0.05) is 5.02 Å². The Kier molecular flexibility index (Phi) is 4.27. The summed E-state index contributed by atoms with van der Waals surface area (Å²) in [6.45, 7) is 3.96. The van der Waals surface area contributed by atoms with E-state index in [4.69, 9.17) is 23.2 Å². The normalized spacial score (nSPS) is 10.7. The van der Waals surface area contributed by atoms with Crippen molar-refractivity contribution in [3.05, 3.63) is 45.2 Å². The van der Waals surface area contributed by atoms with Gasteiger partial charge in [-0.15, -0.1) is 0 Å². The summed E-state index contributed by atoms with van der Waals surface area (Å²) in [5.41, 5.74) is 3.07. The first-order valence-electron chi connectivity index (χ1n) is 6.13. The lowest BCUT2D eigenvalue weighted by Crippen LogP contribution is -2.03. The third kappa shape index (κ3) is 2.53. The third-order valence-corrected chi connectivity index (χ3v) is 3.56. The summed E-state index contributed by atoms with van der Waals surface area (Å²) in [5, 5.41) is 5.58. The molecular weight excluding hydrogens is 283 g/mol. The van der Waals surface area contributed by atoms with E-state index in [1.807, 2.05) is 19.9 Å². The van der Waals surface area contributed by atoms with Crippen LogP contribution in [0.5, 0.6) is 0 Å². The maximum Gasteiger partial charge on any atom is 0.153 e. The van der Waals surface area contributed by atoms with Crippen LogP contribution in [-0.4, -0.2) is 16.1 Å². The molecule has 1 heterocycles. The smallest absolute Gasteiger partial charge is 0.153 e. The zero-order chi connectivity index (χ0) is 14.0. The highest BCUT2D eigenvalue weighted by Crippen LogP contribution is 2.27. The average Bonchev–Trinajstić information content (AvgIpc) is 2.76. The number of aryl methyl sites for hydroxylation is 1. The van der Waals surface area contributed by atoms with Gasteiger partial charge in [-0.2, -0.15) is 5.10 Å². The maximum absolute atomic E-state index is 11.2. The van der Waals surface area contributed by atoms with E-state index in [0.717, 1.165) is 23.4 Å². The Hall–Kier alpha value is -1.32. The molecule has 0 aliphatic carbocycles. The minimum Gasteiger partial charge on any atom is -0.298 e. The minimum atomic E-state index is 0.518. The lowest BCUT2D eigenvalue weighted by atomic mass is 10.1. The molecular formula is C14H14Cl2N2O. The van der Waals surface area contributed by atoms with Crippen molar-refractivity contribution < 1.29 is 4.79 Å². The van der Waals surface area contributed by atoms with E-state index in [1.54, 1.807) is 16.8 Å². The van der Waals surface area contributed by atoms with Gasteiger partial charge in [0.05, 0.1) is 27.7 Å². The van der Waals surface area contributed by atoms with Gasteiger partial charge in [0.2, 0.25) is 0 Å². The Morgan fingerprint density at radius 3 is 2.53 bits per heavy atom. The van der Waals surface area contributed by atoms with Gasteiger partial charge in [0.15, 0.2) is 6.29 Å². The standard InChI is InChI=1S/C14H14Cl2N2O/c1-3-12-10(8-19)13(4-2)18(17-12)14-6-5-9(15)7-11(14)16/h5-8H,3-4H2,1-2H3. The monoisotopic (exact) mass is 296 g/mol. The van der Waals surface area contributed by atoms with Crippen LogP contribution in [0.4, 0.5) is 0 Å². The van der Waals surface area contributed by atoms with Crippen molar-refractivity contribution in [3.8, 4) is 5.69 Å². The molecule has 0 radical (unpaired) electrons. The first-order chi connectivity index (χ1) is 9.12. The Bertz CT molecular complexity index is 620. The van der Waals surface area contributed by atoms with Gasteiger partial charge in [-0.1, -0.05) is 37.0 Å². The second-order valence-corrected chi connectivity index (χ2v) is 4.98. The highest BCUT2D eigenvalue weighted by atomic mass is 35.5. The summed E-state index contributed by atoms with van der Waals surface area (Å²) >= 11 is 12.1. The average molecular weight is 297 g/mol. The van der Waals surface area contributed by atoms with E-state index < -0.39 is 0 Å². The van der Waals surface area contributed by atoms with Gasteiger partial charge in [-0.05, 0) is 31.0 Å². The molecule has 3 nitrogen and oxygen atoms in total. The van der Waals surface area contributed by atoms with Crippen LogP contribution in [0.3, 0.4) is 0 Å². The van der Waals surface area contributed by atoms with Gasteiger partial charge < -0.3 is 0 Å². The number of rotatable bonds is 4. The summed E-state index contributed by atoms with van der Waals surface area (Å²) in [4.78, 5) is 11.2.